The molecule has 6 heteroatoms. The van der Waals surface area contributed by atoms with Crippen molar-refractivity contribution in [3.63, 3.8) is 0 Å². The van der Waals surface area contributed by atoms with E-state index in [9.17, 15) is 9.59 Å². The molecule has 1 amide bonds. The molecular weight excluding hydrogens is 246 g/mol. The standard InChI is InChI=1S/C13H19N3O3/c17-9-3-8-16(11-4-1-5-11)12(18)10-15-7-2-6-14-13(15)19/h2,6-7,11,17H,1,3-5,8-10H2. The van der Waals surface area contributed by atoms with Gasteiger partial charge in [0.1, 0.15) is 6.54 Å². The van der Waals surface area contributed by atoms with Crippen LogP contribution in [-0.4, -0.2) is 44.7 Å². The van der Waals surface area contributed by atoms with Crippen LogP contribution < -0.4 is 5.69 Å². The number of hydrogen-bond acceptors (Lipinski definition) is 4. The molecule has 0 radical (unpaired) electrons. The highest BCUT2D eigenvalue weighted by molar-refractivity contribution is 5.76. The largest absolute Gasteiger partial charge is 0.396 e. The summed E-state index contributed by atoms with van der Waals surface area (Å²) in [5, 5.41) is 8.90. The molecule has 1 fully saturated rings. The molecule has 2 rings (SSSR count). The van der Waals surface area contributed by atoms with Gasteiger partial charge in [0.05, 0.1) is 0 Å². The third kappa shape index (κ3) is 3.41. The van der Waals surface area contributed by atoms with E-state index in [2.05, 4.69) is 4.98 Å². The van der Waals surface area contributed by atoms with Gasteiger partial charge in [0.25, 0.3) is 0 Å². The Morgan fingerprint density at radius 2 is 2.32 bits per heavy atom. The van der Waals surface area contributed by atoms with Crippen LogP contribution in [0.25, 0.3) is 0 Å². The summed E-state index contributed by atoms with van der Waals surface area (Å²) in [5.41, 5.74) is -0.411. The highest BCUT2D eigenvalue weighted by atomic mass is 16.3. The molecule has 1 saturated carbocycles. The highest BCUT2D eigenvalue weighted by Crippen LogP contribution is 2.25. The van der Waals surface area contributed by atoms with Gasteiger partial charge in [0.2, 0.25) is 5.91 Å². The predicted molar refractivity (Wildman–Crippen MR) is 69.6 cm³/mol. The Hall–Kier alpha value is -1.69. The molecular formula is C13H19N3O3. The number of aliphatic hydroxyl groups excluding tert-OH is 1. The van der Waals surface area contributed by atoms with Crippen LogP contribution in [0.4, 0.5) is 0 Å². The normalized spacial score (nSPS) is 15.0. The summed E-state index contributed by atoms with van der Waals surface area (Å²) >= 11 is 0. The Kier molecular flexibility index (Phi) is 4.68. The zero-order valence-electron chi connectivity index (χ0n) is 10.9. The van der Waals surface area contributed by atoms with E-state index in [-0.39, 0.29) is 25.1 Å². The van der Waals surface area contributed by atoms with Gasteiger partial charge in [-0.3, -0.25) is 9.36 Å². The fraction of sp³-hybridized carbons (Fsp3) is 0.615. The van der Waals surface area contributed by atoms with Gasteiger partial charge < -0.3 is 10.0 Å². The Morgan fingerprint density at radius 1 is 1.53 bits per heavy atom. The molecule has 0 atom stereocenters. The first kappa shape index (κ1) is 13.7. The SMILES string of the molecule is O=C(Cn1cccnc1=O)N(CCCO)C1CCC1. The average molecular weight is 265 g/mol. The molecule has 1 aliphatic rings. The van der Waals surface area contributed by atoms with Gasteiger partial charge in [0, 0.05) is 31.6 Å². The van der Waals surface area contributed by atoms with Gasteiger partial charge in [-0.1, -0.05) is 0 Å². The van der Waals surface area contributed by atoms with Gasteiger partial charge in [-0.25, -0.2) is 9.78 Å². The van der Waals surface area contributed by atoms with Crippen LogP contribution in [0.5, 0.6) is 0 Å². The van der Waals surface area contributed by atoms with Crippen LogP contribution in [0, 0.1) is 0 Å². The van der Waals surface area contributed by atoms with Crippen molar-refractivity contribution in [2.24, 2.45) is 0 Å². The Labute approximate surface area is 111 Å². The number of nitrogens with zero attached hydrogens (tertiary/aromatic N) is 3. The number of carbonyl (C=O) groups is 1. The van der Waals surface area contributed by atoms with Crippen molar-refractivity contribution in [2.75, 3.05) is 13.2 Å². The van der Waals surface area contributed by atoms with E-state index in [0.717, 1.165) is 19.3 Å². The number of amides is 1. The Bertz CT molecular complexity index is 482. The van der Waals surface area contributed by atoms with E-state index in [1.807, 2.05) is 0 Å². The minimum Gasteiger partial charge on any atom is -0.396 e. The first-order valence-corrected chi connectivity index (χ1v) is 6.64. The second-order valence-corrected chi connectivity index (χ2v) is 4.78. The van der Waals surface area contributed by atoms with E-state index in [1.165, 1.54) is 10.8 Å². The minimum atomic E-state index is -0.411. The maximum atomic E-state index is 12.3. The van der Waals surface area contributed by atoms with Crippen LogP contribution in [0.2, 0.25) is 0 Å². The number of aromatic nitrogens is 2. The maximum absolute atomic E-state index is 12.3. The topological polar surface area (TPSA) is 75.4 Å². The number of hydrogen-bond donors (Lipinski definition) is 1. The van der Waals surface area contributed by atoms with Gasteiger partial charge in [-0.2, -0.15) is 0 Å². The summed E-state index contributed by atoms with van der Waals surface area (Å²) in [6, 6.07) is 1.90. The van der Waals surface area contributed by atoms with E-state index in [4.69, 9.17) is 5.11 Å². The molecule has 0 aromatic carbocycles. The van der Waals surface area contributed by atoms with Gasteiger partial charge in [-0.05, 0) is 31.7 Å². The molecule has 0 spiro atoms. The predicted octanol–water partition coefficient (Wildman–Crippen LogP) is 0.00680. The van der Waals surface area contributed by atoms with E-state index in [1.54, 1.807) is 17.2 Å². The van der Waals surface area contributed by atoms with Crippen molar-refractivity contribution in [3.05, 3.63) is 28.9 Å². The molecule has 1 N–H and O–H groups in total. The number of aliphatic hydroxyl groups is 1. The second-order valence-electron chi connectivity index (χ2n) is 4.78. The summed E-state index contributed by atoms with van der Waals surface area (Å²) in [5.74, 6) is -0.0757. The summed E-state index contributed by atoms with van der Waals surface area (Å²) in [6.45, 7) is 0.646. The van der Waals surface area contributed by atoms with E-state index < -0.39 is 5.69 Å². The van der Waals surface area contributed by atoms with E-state index >= 15 is 0 Å². The molecule has 0 bridgehead atoms. The quantitative estimate of drug-likeness (QED) is 0.786. The maximum Gasteiger partial charge on any atom is 0.347 e. The lowest BCUT2D eigenvalue weighted by atomic mass is 9.91. The molecule has 6 nitrogen and oxygen atoms in total. The molecule has 1 aromatic heterocycles. The summed E-state index contributed by atoms with van der Waals surface area (Å²) in [7, 11) is 0. The average Bonchev–Trinajstić information content (AvgIpc) is 2.34. The summed E-state index contributed by atoms with van der Waals surface area (Å²) in [6.07, 6.45) is 6.72. The molecule has 1 aliphatic carbocycles. The lowest BCUT2D eigenvalue weighted by Crippen LogP contribution is -2.47. The van der Waals surface area contributed by atoms with Crippen LogP contribution in [-0.2, 0) is 11.3 Å². The smallest absolute Gasteiger partial charge is 0.347 e. The molecule has 0 saturated heterocycles. The van der Waals surface area contributed by atoms with Gasteiger partial charge >= 0.3 is 5.69 Å². The van der Waals surface area contributed by atoms with Crippen molar-refractivity contribution >= 4 is 5.91 Å². The molecule has 19 heavy (non-hydrogen) atoms. The Balaban J connectivity index is 2.02. The van der Waals surface area contributed by atoms with Gasteiger partial charge in [-0.15, -0.1) is 0 Å². The summed E-state index contributed by atoms with van der Waals surface area (Å²) < 4.78 is 1.31. The zero-order chi connectivity index (χ0) is 13.7. The molecule has 0 unspecified atom stereocenters. The first-order chi connectivity index (χ1) is 9.22. The van der Waals surface area contributed by atoms with Crippen LogP contribution >= 0.6 is 0 Å². The fourth-order valence-corrected chi connectivity index (χ4v) is 2.19. The lowest BCUT2D eigenvalue weighted by molar-refractivity contribution is -0.136. The monoisotopic (exact) mass is 265 g/mol. The second kappa shape index (κ2) is 6.47. The first-order valence-electron chi connectivity index (χ1n) is 6.64. The third-order valence-electron chi connectivity index (χ3n) is 3.48. The molecule has 1 heterocycles. The molecule has 1 aromatic rings. The summed E-state index contributed by atoms with van der Waals surface area (Å²) in [4.78, 5) is 29.2. The van der Waals surface area contributed by atoms with Crippen LogP contribution in [0.15, 0.2) is 23.3 Å². The van der Waals surface area contributed by atoms with Gasteiger partial charge in [0.15, 0.2) is 0 Å². The van der Waals surface area contributed by atoms with Crippen molar-refractivity contribution in [3.8, 4) is 0 Å². The zero-order valence-corrected chi connectivity index (χ0v) is 10.9. The molecule has 104 valence electrons. The third-order valence-corrected chi connectivity index (χ3v) is 3.48. The van der Waals surface area contributed by atoms with Crippen molar-refractivity contribution < 1.29 is 9.90 Å². The lowest BCUT2D eigenvalue weighted by Gasteiger charge is -2.37. The minimum absolute atomic E-state index is 0.0224. The molecule has 0 aliphatic heterocycles. The van der Waals surface area contributed by atoms with E-state index in [0.29, 0.717) is 13.0 Å². The van der Waals surface area contributed by atoms with Crippen molar-refractivity contribution in [2.45, 2.75) is 38.3 Å². The van der Waals surface area contributed by atoms with Crippen molar-refractivity contribution in [1.82, 2.24) is 14.5 Å². The number of carbonyl (C=O) groups excluding carboxylic acids is 1. The van der Waals surface area contributed by atoms with Crippen LogP contribution in [0.1, 0.15) is 25.7 Å². The highest BCUT2D eigenvalue weighted by Gasteiger charge is 2.28. The van der Waals surface area contributed by atoms with Crippen LogP contribution in [0.3, 0.4) is 0 Å². The fourth-order valence-electron chi connectivity index (χ4n) is 2.19. The number of rotatable bonds is 6. The Morgan fingerprint density at radius 3 is 2.89 bits per heavy atom. The van der Waals surface area contributed by atoms with Crippen molar-refractivity contribution in [1.29, 1.82) is 0 Å².